The molecule has 0 aromatic rings. The molecule has 0 radical (unpaired) electrons. The lowest BCUT2D eigenvalue weighted by molar-refractivity contribution is -0.143. The Labute approximate surface area is 84.1 Å². The fourth-order valence-electron chi connectivity index (χ4n) is 1.73. The van der Waals surface area contributed by atoms with Gasteiger partial charge in [0.1, 0.15) is 5.41 Å². The summed E-state index contributed by atoms with van der Waals surface area (Å²) in [6, 6.07) is 2.12. The van der Waals surface area contributed by atoms with E-state index in [9.17, 15) is 4.79 Å². The van der Waals surface area contributed by atoms with Crippen molar-refractivity contribution in [2.24, 2.45) is 5.41 Å². The van der Waals surface area contributed by atoms with Gasteiger partial charge in [0.05, 0.1) is 12.7 Å². The summed E-state index contributed by atoms with van der Waals surface area (Å²) in [7, 11) is 0. The largest absolute Gasteiger partial charge is 0.395 e. The summed E-state index contributed by atoms with van der Waals surface area (Å²) in [5.74, 6) is -0.109. The third-order valence-electron chi connectivity index (χ3n) is 2.87. The van der Waals surface area contributed by atoms with Gasteiger partial charge in [-0.25, -0.2) is 0 Å². The van der Waals surface area contributed by atoms with Crippen LogP contribution in [0.2, 0.25) is 0 Å². The van der Waals surface area contributed by atoms with E-state index in [0.29, 0.717) is 25.9 Å². The number of aliphatic hydroxyl groups excluding tert-OH is 1. The van der Waals surface area contributed by atoms with Crippen LogP contribution >= 0.6 is 0 Å². The van der Waals surface area contributed by atoms with Crippen molar-refractivity contribution in [3.8, 4) is 6.07 Å². The van der Waals surface area contributed by atoms with Gasteiger partial charge in [-0.3, -0.25) is 4.79 Å². The predicted octanol–water partition coefficient (Wildman–Crippen LogP) is 0.521. The molecule has 1 fully saturated rings. The molecule has 1 aliphatic carbocycles. The van der Waals surface area contributed by atoms with Gasteiger partial charge in [0.25, 0.3) is 0 Å². The molecular weight excluding hydrogens is 180 g/mol. The number of likely N-dealkylation sites (N-methyl/N-ethyl adjacent to an activating group) is 1. The van der Waals surface area contributed by atoms with Crippen molar-refractivity contribution in [3.63, 3.8) is 0 Å². The summed E-state index contributed by atoms with van der Waals surface area (Å²) < 4.78 is 0. The maximum absolute atomic E-state index is 11.9. The van der Waals surface area contributed by atoms with Gasteiger partial charge >= 0.3 is 0 Å². The van der Waals surface area contributed by atoms with E-state index in [4.69, 9.17) is 10.4 Å². The summed E-state index contributed by atoms with van der Waals surface area (Å²) in [6.07, 6.45) is 2.30. The molecule has 4 heteroatoms. The van der Waals surface area contributed by atoms with Crippen LogP contribution in [-0.2, 0) is 4.79 Å². The van der Waals surface area contributed by atoms with Crippen LogP contribution in [0, 0.1) is 16.7 Å². The van der Waals surface area contributed by atoms with Gasteiger partial charge < -0.3 is 10.0 Å². The zero-order valence-corrected chi connectivity index (χ0v) is 8.49. The molecule has 0 saturated heterocycles. The third kappa shape index (κ3) is 1.73. The molecule has 4 nitrogen and oxygen atoms in total. The molecule has 78 valence electrons. The number of rotatable bonds is 4. The van der Waals surface area contributed by atoms with Gasteiger partial charge in [0.2, 0.25) is 5.91 Å². The maximum atomic E-state index is 11.9. The number of hydrogen-bond donors (Lipinski definition) is 1. The highest BCUT2D eigenvalue weighted by Gasteiger charge is 2.46. The summed E-state index contributed by atoms with van der Waals surface area (Å²) in [6.45, 7) is 2.71. The summed E-state index contributed by atoms with van der Waals surface area (Å²) >= 11 is 0. The van der Waals surface area contributed by atoms with Crippen LogP contribution in [0.5, 0.6) is 0 Å². The van der Waals surface area contributed by atoms with Gasteiger partial charge in [-0.05, 0) is 26.2 Å². The molecule has 1 rings (SSSR count). The lowest BCUT2D eigenvalue weighted by Crippen LogP contribution is -2.47. The second-order valence-corrected chi connectivity index (χ2v) is 3.66. The zero-order chi connectivity index (χ0) is 10.6. The minimum absolute atomic E-state index is 0.0406. The fraction of sp³-hybridized carbons (Fsp3) is 0.800. The molecule has 14 heavy (non-hydrogen) atoms. The number of carbonyl (C=O) groups is 1. The number of nitrogens with zero attached hydrogens (tertiary/aromatic N) is 2. The average Bonchev–Trinajstić information content (AvgIpc) is 2.13. The van der Waals surface area contributed by atoms with Gasteiger partial charge in [0.15, 0.2) is 0 Å². The first-order chi connectivity index (χ1) is 6.70. The van der Waals surface area contributed by atoms with Crippen molar-refractivity contribution in [2.45, 2.75) is 26.2 Å². The number of aliphatic hydroxyl groups is 1. The molecule has 0 spiro atoms. The van der Waals surface area contributed by atoms with Crippen LogP contribution in [0.3, 0.4) is 0 Å². The average molecular weight is 196 g/mol. The second kappa shape index (κ2) is 4.43. The first-order valence-electron chi connectivity index (χ1n) is 5.01. The van der Waals surface area contributed by atoms with Crippen LogP contribution in [-0.4, -0.2) is 35.6 Å². The van der Waals surface area contributed by atoms with E-state index in [-0.39, 0.29) is 12.5 Å². The van der Waals surface area contributed by atoms with Gasteiger partial charge in [-0.2, -0.15) is 5.26 Å². The van der Waals surface area contributed by atoms with Crippen LogP contribution in [0.15, 0.2) is 0 Å². The first-order valence-corrected chi connectivity index (χ1v) is 5.01. The number of carbonyl (C=O) groups excluding carboxylic acids is 1. The van der Waals surface area contributed by atoms with E-state index < -0.39 is 5.41 Å². The van der Waals surface area contributed by atoms with E-state index in [0.717, 1.165) is 6.42 Å². The smallest absolute Gasteiger partial charge is 0.243 e. The molecule has 0 heterocycles. The summed E-state index contributed by atoms with van der Waals surface area (Å²) in [4.78, 5) is 13.4. The van der Waals surface area contributed by atoms with Crippen molar-refractivity contribution in [2.75, 3.05) is 19.7 Å². The second-order valence-electron chi connectivity index (χ2n) is 3.66. The Hall–Kier alpha value is -1.08. The van der Waals surface area contributed by atoms with Gasteiger partial charge in [-0.1, -0.05) is 0 Å². The van der Waals surface area contributed by atoms with Crippen LogP contribution in [0.4, 0.5) is 0 Å². The lowest BCUT2D eigenvalue weighted by Gasteiger charge is -2.37. The van der Waals surface area contributed by atoms with Crippen molar-refractivity contribution < 1.29 is 9.90 Å². The van der Waals surface area contributed by atoms with Crippen molar-refractivity contribution in [3.05, 3.63) is 0 Å². The minimum atomic E-state index is -0.773. The standard InChI is InChI=1S/C10H16N2O2/c1-2-12(6-7-13)9(14)10(8-11)4-3-5-10/h13H,2-7H2,1H3. The van der Waals surface area contributed by atoms with Crippen LogP contribution < -0.4 is 0 Å². The van der Waals surface area contributed by atoms with E-state index in [1.54, 1.807) is 4.90 Å². The molecule has 1 amide bonds. The molecule has 0 unspecified atom stereocenters. The fourth-order valence-corrected chi connectivity index (χ4v) is 1.73. The topological polar surface area (TPSA) is 64.3 Å². The van der Waals surface area contributed by atoms with Crippen molar-refractivity contribution >= 4 is 5.91 Å². The Balaban J connectivity index is 2.67. The summed E-state index contributed by atoms with van der Waals surface area (Å²) in [5.41, 5.74) is -0.773. The molecule has 0 aliphatic heterocycles. The number of nitriles is 1. The molecule has 0 aromatic heterocycles. The molecule has 0 aromatic carbocycles. The zero-order valence-electron chi connectivity index (χ0n) is 8.49. The highest BCUT2D eigenvalue weighted by Crippen LogP contribution is 2.41. The number of amides is 1. The van der Waals surface area contributed by atoms with Crippen molar-refractivity contribution in [1.29, 1.82) is 5.26 Å². The Bertz CT molecular complexity index is 253. The van der Waals surface area contributed by atoms with E-state index in [1.807, 2.05) is 6.92 Å². The minimum Gasteiger partial charge on any atom is -0.395 e. The Morgan fingerprint density at radius 2 is 2.29 bits per heavy atom. The first kappa shape index (κ1) is 11.0. The molecule has 1 N–H and O–H groups in total. The quantitative estimate of drug-likeness (QED) is 0.713. The maximum Gasteiger partial charge on any atom is 0.243 e. The van der Waals surface area contributed by atoms with Gasteiger partial charge in [-0.15, -0.1) is 0 Å². The lowest BCUT2D eigenvalue weighted by atomic mass is 9.69. The van der Waals surface area contributed by atoms with Gasteiger partial charge in [0, 0.05) is 13.1 Å². The number of hydrogen-bond acceptors (Lipinski definition) is 3. The van der Waals surface area contributed by atoms with E-state index in [1.165, 1.54) is 0 Å². The normalized spacial score (nSPS) is 18.1. The molecular formula is C10H16N2O2. The molecule has 0 bridgehead atoms. The highest BCUT2D eigenvalue weighted by molar-refractivity contribution is 5.86. The Morgan fingerprint density at radius 3 is 2.57 bits per heavy atom. The highest BCUT2D eigenvalue weighted by atomic mass is 16.3. The third-order valence-corrected chi connectivity index (χ3v) is 2.87. The molecule has 1 aliphatic rings. The molecule has 1 saturated carbocycles. The van der Waals surface area contributed by atoms with E-state index in [2.05, 4.69) is 6.07 Å². The predicted molar refractivity (Wildman–Crippen MR) is 51.2 cm³/mol. The summed E-state index contributed by atoms with van der Waals surface area (Å²) in [5, 5.41) is 17.7. The van der Waals surface area contributed by atoms with E-state index >= 15 is 0 Å². The van der Waals surface area contributed by atoms with Crippen LogP contribution in [0.25, 0.3) is 0 Å². The monoisotopic (exact) mass is 196 g/mol. The van der Waals surface area contributed by atoms with Crippen LogP contribution in [0.1, 0.15) is 26.2 Å². The SMILES string of the molecule is CCN(CCO)C(=O)C1(C#N)CCC1. The Morgan fingerprint density at radius 1 is 1.64 bits per heavy atom. The molecule has 0 atom stereocenters. The van der Waals surface area contributed by atoms with Crippen molar-refractivity contribution in [1.82, 2.24) is 4.90 Å². The Kier molecular flexibility index (Phi) is 3.48.